The Bertz CT molecular complexity index is 577. The molecule has 1 fully saturated rings. The highest BCUT2D eigenvalue weighted by Gasteiger charge is 2.20. The summed E-state index contributed by atoms with van der Waals surface area (Å²) in [6.45, 7) is 4.43. The molecule has 3 rings (SSSR count). The summed E-state index contributed by atoms with van der Waals surface area (Å²) in [6.07, 6.45) is 1.22. The summed E-state index contributed by atoms with van der Waals surface area (Å²) in [5.74, 6) is 0.558. The number of carbonyl (C=O) groups is 2. The predicted octanol–water partition coefficient (Wildman–Crippen LogP) is 0.902. The van der Waals surface area contributed by atoms with Crippen LogP contribution in [0.15, 0.2) is 24.3 Å². The van der Waals surface area contributed by atoms with E-state index in [4.69, 9.17) is 0 Å². The standard InChI is InChI=1S/C17H24N4O2.ClH/c22-16(20-11-13-9-18-10-13)5-7-19-17(23)21-8-6-14-3-1-2-4-15(14)12-21;/h1-4,13,18H,5-12H2,(H,19,23)(H,20,22);1H. The van der Waals surface area contributed by atoms with Crippen LogP contribution in [0.1, 0.15) is 17.5 Å². The van der Waals surface area contributed by atoms with Gasteiger partial charge in [0.05, 0.1) is 0 Å². The molecule has 0 bridgehead atoms. The van der Waals surface area contributed by atoms with Crippen molar-refractivity contribution in [3.8, 4) is 0 Å². The molecule has 2 aliphatic heterocycles. The van der Waals surface area contributed by atoms with Crippen molar-refractivity contribution in [2.45, 2.75) is 19.4 Å². The summed E-state index contributed by atoms with van der Waals surface area (Å²) >= 11 is 0. The monoisotopic (exact) mass is 352 g/mol. The number of urea groups is 1. The van der Waals surface area contributed by atoms with Gasteiger partial charge in [0.15, 0.2) is 0 Å². The molecule has 0 aromatic heterocycles. The van der Waals surface area contributed by atoms with E-state index in [1.807, 2.05) is 12.1 Å². The molecule has 0 spiro atoms. The van der Waals surface area contributed by atoms with Crippen LogP contribution in [-0.4, -0.2) is 49.6 Å². The second kappa shape index (κ2) is 8.89. The van der Waals surface area contributed by atoms with Crippen molar-refractivity contribution in [1.82, 2.24) is 20.9 Å². The van der Waals surface area contributed by atoms with Gasteiger partial charge in [0, 0.05) is 51.6 Å². The van der Waals surface area contributed by atoms with Crippen LogP contribution in [0.5, 0.6) is 0 Å². The van der Waals surface area contributed by atoms with Gasteiger partial charge in [0.2, 0.25) is 5.91 Å². The lowest BCUT2D eigenvalue weighted by molar-refractivity contribution is -0.121. The minimum atomic E-state index is -0.0875. The Kier molecular flexibility index (Phi) is 6.87. The van der Waals surface area contributed by atoms with Crippen LogP contribution in [0.2, 0.25) is 0 Å². The first-order valence-corrected chi connectivity index (χ1v) is 8.29. The number of amides is 3. The van der Waals surface area contributed by atoms with E-state index in [0.29, 0.717) is 25.4 Å². The topological polar surface area (TPSA) is 73.5 Å². The van der Waals surface area contributed by atoms with Gasteiger partial charge in [-0.05, 0) is 17.5 Å². The van der Waals surface area contributed by atoms with Crippen molar-refractivity contribution in [3.63, 3.8) is 0 Å². The number of halogens is 1. The van der Waals surface area contributed by atoms with Crippen LogP contribution in [-0.2, 0) is 17.8 Å². The Balaban J connectivity index is 0.00000208. The third-order valence-electron chi connectivity index (χ3n) is 4.50. The summed E-state index contributed by atoms with van der Waals surface area (Å²) in [5, 5.41) is 8.92. The number of fused-ring (bicyclic) bond motifs is 1. The number of hydrogen-bond donors (Lipinski definition) is 3. The fraction of sp³-hybridized carbons (Fsp3) is 0.529. The van der Waals surface area contributed by atoms with Crippen LogP contribution in [0, 0.1) is 5.92 Å². The SMILES string of the molecule is Cl.O=C(CCNC(=O)N1CCc2ccccc2C1)NCC1CNC1. The largest absolute Gasteiger partial charge is 0.356 e. The molecule has 0 radical (unpaired) electrons. The van der Waals surface area contributed by atoms with E-state index in [-0.39, 0.29) is 24.3 Å². The lowest BCUT2D eigenvalue weighted by Gasteiger charge is -2.29. The maximum Gasteiger partial charge on any atom is 0.317 e. The zero-order chi connectivity index (χ0) is 16.1. The van der Waals surface area contributed by atoms with Gasteiger partial charge in [-0.1, -0.05) is 24.3 Å². The van der Waals surface area contributed by atoms with E-state index < -0.39 is 0 Å². The van der Waals surface area contributed by atoms with Crippen LogP contribution in [0.3, 0.4) is 0 Å². The van der Waals surface area contributed by atoms with Crippen LogP contribution in [0.25, 0.3) is 0 Å². The Morgan fingerprint density at radius 3 is 2.62 bits per heavy atom. The average molecular weight is 353 g/mol. The van der Waals surface area contributed by atoms with E-state index >= 15 is 0 Å². The van der Waals surface area contributed by atoms with E-state index in [0.717, 1.165) is 32.6 Å². The summed E-state index contributed by atoms with van der Waals surface area (Å²) in [6, 6.07) is 8.13. The fourth-order valence-corrected chi connectivity index (χ4v) is 2.90. The van der Waals surface area contributed by atoms with Gasteiger partial charge < -0.3 is 20.9 Å². The number of nitrogens with zero attached hydrogens (tertiary/aromatic N) is 1. The highest BCUT2D eigenvalue weighted by atomic mass is 35.5. The number of hydrogen-bond acceptors (Lipinski definition) is 3. The molecule has 3 amide bonds. The molecule has 24 heavy (non-hydrogen) atoms. The van der Waals surface area contributed by atoms with E-state index in [1.54, 1.807) is 4.90 Å². The minimum Gasteiger partial charge on any atom is -0.356 e. The highest BCUT2D eigenvalue weighted by Crippen LogP contribution is 2.18. The molecule has 1 aromatic rings. The number of carbonyl (C=O) groups excluding carboxylic acids is 2. The van der Waals surface area contributed by atoms with E-state index in [2.05, 4.69) is 28.1 Å². The number of benzene rings is 1. The van der Waals surface area contributed by atoms with Gasteiger partial charge >= 0.3 is 6.03 Å². The van der Waals surface area contributed by atoms with E-state index in [1.165, 1.54) is 11.1 Å². The minimum absolute atomic E-state index is 0. The van der Waals surface area contributed by atoms with Gasteiger partial charge in [-0.2, -0.15) is 0 Å². The molecule has 7 heteroatoms. The van der Waals surface area contributed by atoms with Crippen LogP contribution in [0.4, 0.5) is 4.79 Å². The molecular formula is C17H25ClN4O2. The maximum atomic E-state index is 12.2. The summed E-state index contributed by atoms with van der Waals surface area (Å²) in [7, 11) is 0. The number of nitrogens with one attached hydrogen (secondary N) is 3. The Morgan fingerprint density at radius 1 is 1.17 bits per heavy atom. The predicted molar refractivity (Wildman–Crippen MR) is 95.2 cm³/mol. The summed E-state index contributed by atoms with van der Waals surface area (Å²) < 4.78 is 0. The van der Waals surface area contributed by atoms with Gasteiger partial charge in [-0.15, -0.1) is 12.4 Å². The molecule has 1 aromatic carbocycles. The Morgan fingerprint density at radius 2 is 1.92 bits per heavy atom. The zero-order valence-corrected chi connectivity index (χ0v) is 14.5. The second-order valence-electron chi connectivity index (χ2n) is 6.25. The van der Waals surface area contributed by atoms with Gasteiger partial charge in [-0.25, -0.2) is 4.79 Å². The van der Waals surface area contributed by atoms with Crippen molar-refractivity contribution in [2.75, 3.05) is 32.7 Å². The maximum absolute atomic E-state index is 12.2. The first-order valence-electron chi connectivity index (χ1n) is 8.29. The Hall–Kier alpha value is -1.79. The molecule has 1 saturated heterocycles. The normalized spacial score (nSPS) is 16.4. The first kappa shape index (κ1) is 18.5. The second-order valence-corrected chi connectivity index (χ2v) is 6.25. The van der Waals surface area contributed by atoms with Gasteiger partial charge in [-0.3, -0.25) is 4.79 Å². The van der Waals surface area contributed by atoms with E-state index in [9.17, 15) is 9.59 Å². The van der Waals surface area contributed by atoms with Crippen molar-refractivity contribution in [3.05, 3.63) is 35.4 Å². The van der Waals surface area contributed by atoms with Crippen molar-refractivity contribution in [2.24, 2.45) is 5.92 Å². The van der Waals surface area contributed by atoms with Crippen molar-refractivity contribution >= 4 is 24.3 Å². The third-order valence-corrected chi connectivity index (χ3v) is 4.50. The molecule has 3 N–H and O–H groups in total. The summed E-state index contributed by atoms with van der Waals surface area (Å²) in [4.78, 5) is 25.7. The molecule has 6 nitrogen and oxygen atoms in total. The molecule has 0 aliphatic carbocycles. The molecule has 132 valence electrons. The quantitative estimate of drug-likeness (QED) is 0.737. The average Bonchev–Trinajstić information content (AvgIpc) is 2.53. The van der Waals surface area contributed by atoms with Gasteiger partial charge in [0.1, 0.15) is 0 Å². The molecular weight excluding hydrogens is 328 g/mol. The lowest BCUT2D eigenvalue weighted by Crippen LogP contribution is -2.48. The molecule has 2 aliphatic rings. The van der Waals surface area contributed by atoms with Crippen molar-refractivity contribution < 1.29 is 9.59 Å². The number of rotatable bonds is 5. The first-order chi connectivity index (χ1) is 11.2. The molecule has 0 atom stereocenters. The molecule has 0 saturated carbocycles. The third kappa shape index (κ3) is 4.85. The van der Waals surface area contributed by atoms with Crippen molar-refractivity contribution in [1.29, 1.82) is 0 Å². The smallest absolute Gasteiger partial charge is 0.317 e. The van der Waals surface area contributed by atoms with Gasteiger partial charge in [0.25, 0.3) is 0 Å². The fourth-order valence-electron chi connectivity index (χ4n) is 2.90. The zero-order valence-electron chi connectivity index (χ0n) is 13.7. The Labute approximate surface area is 148 Å². The summed E-state index contributed by atoms with van der Waals surface area (Å²) in [5.41, 5.74) is 2.53. The highest BCUT2D eigenvalue weighted by molar-refractivity contribution is 5.85. The molecule has 0 unspecified atom stereocenters. The van der Waals surface area contributed by atoms with Crippen LogP contribution < -0.4 is 16.0 Å². The molecule has 2 heterocycles. The lowest BCUT2D eigenvalue weighted by atomic mass is 10.0. The van der Waals surface area contributed by atoms with Crippen LogP contribution >= 0.6 is 12.4 Å².